The fourth-order valence-electron chi connectivity index (χ4n) is 1.34. The molecule has 0 saturated carbocycles. The van der Waals surface area contributed by atoms with Crippen LogP contribution in [0, 0.1) is 0 Å². The number of benzene rings is 1. The summed E-state index contributed by atoms with van der Waals surface area (Å²) in [7, 11) is 0. The Kier molecular flexibility index (Phi) is 4.25. The van der Waals surface area contributed by atoms with E-state index in [0.717, 1.165) is 16.9 Å². The normalized spacial score (nSPS) is 9.95. The summed E-state index contributed by atoms with van der Waals surface area (Å²) in [5, 5.41) is 2.83. The molecule has 0 aliphatic carbocycles. The van der Waals surface area contributed by atoms with E-state index in [-0.39, 0.29) is 12.4 Å². The molecular formula is C13H12N2O3S. The number of rotatable bonds is 4. The van der Waals surface area contributed by atoms with E-state index < -0.39 is 6.09 Å². The largest absolute Gasteiger partial charge is 0.444 e. The number of ether oxygens (including phenoxy) is 1. The predicted molar refractivity (Wildman–Crippen MR) is 72.4 cm³/mol. The molecule has 2 rings (SSSR count). The van der Waals surface area contributed by atoms with Crippen molar-refractivity contribution in [2.45, 2.75) is 13.5 Å². The van der Waals surface area contributed by atoms with Crippen LogP contribution in [0.5, 0.6) is 0 Å². The Morgan fingerprint density at radius 3 is 2.68 bits per heavy atom. The van der Waals surface area contributed by atoms with Gasteiger partial charge in [-0.25, -0.2) is 9.78 Å². The van der Waals surface area contributed by atoms with Gasteiger partial charge in [-0.2, -0.15) is 0 Å². The van der Waals surface area contributed by atoms with Crippen molar-refractivity contribution in [1.82, 2.24) is 4.98 Å². The molecule has 6 heteroatoms. The number of hydrogen-bond donors (Lipinski definition) is 1. The zero-order chi connectivity index (χ0) is 13.7. The Balaban J connectivity index is 1.85. The van der Waals surface area contributed by atoms with Crippen LogP contribution in [0.15, 0.2) is 36.5 Å². The molecule has 0 aliphatic rings. The Morgan fingerprint density at radius 2 is 2.05 bits per heavy atom. The van der Waals surface area contributed by atoms with Crippen LogP contribution in [0.1, 0.15) is 22.2 Å². The molecule has 1 aromatic heterocycles. The Bertz CT molecular complexity index is 581. The lowest BCUT2D eigenvalue weighted by molar-refractivity contribution is 0.102. The van der Waals surface area contributed by atoms with Gasteiger partial charge in [0.15, 0.2) is 10.9 Å². The second-order valence-electron chi connectivity index (χ2n) is 3.77. The van der Waals surface area contributed by atoms with Gasteiger partial charge in [-0.3, -0.25) is 10.1 Å². The number of carbonyl (C=O) groups is 2. The molecule has 19 heavy (non-hydrogen) atoms. The number of ketones is 1. The minimum atomic E-state index is -0.590. The highest BCUT2D eigenvalue weighted by atomic mass is 32.1. The summed E-state index contributed by atoms with van der Waals surface area (Å²) in [6, 6.07) is 9.37. The van der Waals surface area contributed by atoms with E-state index in [1.807, 2.05) is 30.3 Å². The number of thiazole rings is 1. The predicted octanol–water partition coefficient (Wildman–Crippen LogP) is 3.09. The molecule has 0 saturated heterocycles. The Morgan fingerprint density at radius 1 is 1.32 bits per heavy atom. The molecule has 0 spiro atoms. The van der Waals surface area contributed by atoms with Crippen molar-refractivity contribution in [3.63, 3.8) is 0 Å². The highest BCUT2D eigenvalue weighted by Crippen LogP contribution is 2.18. The van der Waals surface area contributed by atoms with Gasteiger partial charge in [0.1, 0.15) is 6.61 Å². The monoisotopic (exact) mass is 276 g/mol. The molecular weight excluding hydrogens is 264 g/mol. The van der Waals surface area contributed by atoms with Crippen molar-refractivity contribution in [2.24, 2.45) is 0 Å². The molecule has 0 radical (unpaired) electrons. The van der Waals surface area contributed by atoms with E-state index in [1.165, 1.54) is 13.1 Å². The van der Waals surface area contributed by atoms with Crippen LogP contribution >= 0.6 is 11.3 Å². The summed E-state index contributed by atoms with van der Waals surface area (Å²) in [5.41, 5.74) is 0.904. The molecule has 98 valence electrons. The molecule has 0 bridgehead atoms. The summed E-state index contributed by atoms with van der Waals surface area (Å²) in [6.45, 7) is 1.64. The van der Waals surface area contributed by atoms with Crippen molar-refractivity contribution in [3.05, 3.63) is 47.0 Å². The molecule has 0 aliphatic heterocycles. The van der Waals surface area contributed by atoms with E-state index in [2.05, 4.69) is 10.3 Å². The first-order valence-corrected chi connectivity index (χ1v) is 6.41. The summed E-state index contributed by atoms with van der Waals surface area (Å²) in [6.07, 6.45) is 0.841. The fraction of sp³-hybridized carbons (Fsp3) is 0.154. The van der Waals surface area contributed by atoms with Gasteiger partial charge >= 0.3 is 6.09 Å². The highest BCUT2D eigenvalue weighted by molar-refractivity contribution is 7.17. The highest BCUT2D eigenvalue weighted by Gasteiger charge is 2.09. The minimum Gasteiger partial charge on any atom is -0.444 e. The lowest BCUT2D eigenvalue weighted by Crippen LogP contribution is -2.13. The smallest absolute Gasteiger partial charge is 0.413 e. The van der Waals surface area contributed by atoms with Gasteiger partial charge in [-0.15, -0.1) is 0 Å². The summed E-state index contributed by atoms with van der Waals surface area (Å²) < 4.78 is 5.03. The fourth-order valence-corrected chi connectivity index (χ4v) is 2.04. The molecule has 1 heterocycles. The van der Waals surface area contributed by atoms with Crippen LogP contribution in [0.25, 0.3) is 0 Å². The number of nitrogens with one attached hydrogen (secondary N) is 1. The maximum Gasteiger partial charge on any atom is 0.413 e. The maximum atomic E-state index is 11.5. The standard InChI is InChI=1S/C13H12N2O3S/c1-9(16)11-7-14-12(19-11)15-13(17)18-8-10-5-3-2-4-6-10/h2-7H,8H2,1H3,(H,14,15,17). The van der Waals surface area contributed by atoms with Gasteiger partial charge in [0, 0.05) is 6.92 Å². The number of Topliss-reactive ketones (excluding diaryl/α,β-unsaturated/α-hetero) is 1. The van der Waals surface area contributed by atoms with Gasteiger partial charge in [-0.05, 0) is 5.56 Å². The second kappa shape index (κ2) is 6.10. The van der Waals surface area contributed by atoms with Crippen molar-refractivity contribution in [2.75, 3.05) is 5.32 Å². The number of hydrogen-bond acceptors (Lipinski definition) is 5. The molecule has 5 nitrogen and oxygen atoms in total. The SMILES string of the molecule is CC(=O)c1cnc(NC(=O)OCc2ccccc2)s1. The van der Waals surface area contributed by atoms with Crippen LogP contribution in [0.4, 0.5) is 9.93 Å². The van der Waals surface area contributed by atoms with Crippen molar-refractivity contribution >= 4 is 28.3 Å². The van der Waals surface area contributed by atoms with E-state index in [4.69, 9.17) is 4.74 Å². The number of nitrogens with zero attached hydrogens (tertiary/aromatic N) is 1. The van der Waals surface area contributed by atoms with Gasteiger partial charge < -0.3 is 4.74 Å². The molecule has 0 unspecified atom stereocenters. The summed E-state index contributed by atoms with van der Waals surface area (Å²) >= 11 is 1.12. The van der Waals surface area contributed by atoms with E-state index >= 15 is 0 Å². The third-order valence-corrected chi connectivity index (χ3v) is 3.29. The first-order valence-electron chi connectivity index (χ1n) is 5.59. The van der Waals surface area contributed by atoms with Crippen molar-refractivity contribution in [1.29, 1.82) is 0 Å². The number of carbonyl (C=O) groups excluding carboxylic acids is 2. The van der Waals surface area contributed by atoms with Crippen LogP contribution in [-0.2, 0) is 11.3 Å². The molecule has 0 fully saturated rings. The van der Waals surface area contributed by atoms with Gasteiger partial charge in [0.05, 0.1) is 11.1 Å². The van der Waals surface area contributed by atoms with Crippen LogP contribution in [0.2, 0.25) is 0 Å². The molecule has 1 N–H and O–H groups in total. The molecule has 0 atom stereocenters. The maximum absolute atomic E-state index is 11.5. The van der Waals surface area contributed by atoms with Crippen molar-refractivity contribution in [3.8, 4) is 0 Å². The quantitative estimate of drug-likeness (QED) is 0.871. The Labute approximate surface area is 114 Å². The molecule has 1 amide bonds. The second-order valence-corrected chi connectivity index (χ2v) is 4.80. The van der Waals surface area contributed by atoms with Crippen LogP contribution in [0.3, 0.4) is 0 Å². The average molecular weight is 276 g/mol. The zero-order valence-corrected chi connectivity index (χ0v) is 11.1. The number of amides is 1. The summed E-state index contributed by atoms with van der Waals surface area (Å²) in [5.74, 6) is -0.0804. The average Bonchev–Trinajstić information content (AvgIpc) is 2.86. The number of aromatic nitrogens is 1. The van der Waals surface area contributed by atoms with Crippen LogP contribution < -0.4 is 5.32 Å². The third kappa shape index (κ3) is 3.89. The van der Waals surface area contributed by atoms with E-state index in [1.54, 1.807) is 0 Å². The first kappa shape index (κ1) is 13.2. The Hall–Kier alpha value is -2.21. The minimum absolute atomic E-state index is 0.0804. The number of anilines is 1. The van der Waals surface area contributed by atoms with E-state index in [0.29, 0.717) is 10.0 Å². The summed E-state index contributed by atoms with van der Waals surface area (Å²) in [4.78, 5) is 27.0. The zero-order valence-electron chi connectivity index (χ0n) is 10.3. The first-order chi connectivity index (χ1) is 9.15. The topological polar surface area (TPSA) is 68.3 Å². The van der Waals surface area contributed by atoms with E-state index in [9.17, 15) is 9.59 Å². The van der Waals surface area contributed by atoms with Crippen LogP contribution in [-0.4, -0.2) is 16.9 Å². The van der Waals surface area contributed by atoms with Gasteiger partial charge in [0.25, 0.3) is 0 Å². The lowest BCUT2D eigenvalue weighted by Gasteiger charge is -2.04. The van der Waals surface area contributed by atoms with Gasteiger partial charge in [-0.1, -0.05) is 41.7 Å². The third-order valence-electron chi connectivity index (χ3n) is 2.27. The van der Waals surface area contributed by atoms with Crippen molar-refractivity contribution < 1.29 is 14.3 Å². The lowest BCUT2D eigenvalue weighted by atomic mass is 10.2. The van der Waals surface area contributed by atoms with Gasteiger partial charge in [0.2, 0.25) is 0 Å². The molecule has 1 aromatic carbocycles. The molecule has 2 aromatic rings.